The Morgan fingerprint density at radius 2 is 1.32 bits per heavy atom. The van der Waals surface area contributed by atoms with Crippen LogP contribution < -0.4 is 5.01 Å². The molecule has 1 aromatic rings. The molecule has 4 nitrogen and oxygen atoms in total. The minimum atomic E-state index is 0.244. The molecule has 28 heavy (non-hydrogen) atoms. The fourth-order valence-electron chi connectivity index (χ4n) is 5.29. The maximum Gasteiger partial charge on any atom is 0.247 e. The number of amides is 1. The van der Waals surface area contributed by atoms with Gasteiger partial charge in [-0.15, -0.1) is 5.12 Å². The van der Waals surface area contributed by atoms with Gasteiger partial charge in [-0.1, -0.05) is 76.0 Å². The second-order valence-electron chi connectivity index (χ2n) is 8.89. The van der Waals surface area contributed by atoms with Crippen molar-refractivity contribution >= 4 is 11.6 Å². The minimum Gasteiger partial charge on any atom is -0.273 e. The topological polar surface area (TPSA) is 26.8 Å². The lowest BCUT2D eigenvalue weighted by Gasteiger charge is -2.44. The van der Waals surface area contributed by atoms with E-state index in [0.717, 1.165) is 18.8 Å². The van der Waals surface area contributed by atoms with Gasteiger partial charge in [0.25, 0.3) is 0 Å². The monoisotopic (exact) mass is 383 g/mol. The Bertz CT molecular complexity index is 636. The third kappa shape index (κ3) is 4.60. The summed E-state index contributed by atoms with van der Waals surface area (Å²) in [6.07, 6.45) is 17.7. The number of fused-ring (bicyclic) bond motifs is 1. The van der Waals surface area contributed by atoms with Gasteiger partial charge in [-0.25, -0.2) is 10.0 Å². The first-order valence-electron chi connectivity index (χ1n) is 11.8. The fraction of sp³-hybridized carbons (Fsp3) is 0.708. The van der Waals surface area contributed by atoms with E-state index in [1.54, 1.807) is 0 Å². The van der Waals surface area contributed by atoms with Crippen molar-refractivity contribution < 1.29 is 4.79 Å². The van der Waals surface area contributed by atoms with E-state index in [2.05, 4.69) is 34.4 Å². The van der Waals surface area contributed by atoms with Crippen LogP contribution in [-0.4, -0.2) is 35.2 Å². The van der Waals surface area contributed by atoms with E-state index in [4.69, 9.17) is 0 Å². The standard InChI is InChI=1S/C24H37N3O/c28-24-20-21-14-10-11-17-23(21)27(24)26-19-13-7-3-6-12-18-25(26)22-15-8-4-1-2-5-9-16-22/h10-11,14,17,22H,1-9,12-13,15-16,18-20H2. The normalized spacial score (nSPS) is 24.6. The molecule has 154 valence electrons. The van der Waals surface area contributed by atoms with Gasteiger partial charge >= 0.3 is 0 Å². The zero-order valence-electron chi connectivity index (χ0n) is 17.5. The van der Waals surface area contributed by atoms with Gasteiger partial charge in [0.05, 0.1) is 12.1 Å². The third-order valence-electron chi connectivity index (χ3n) is 6.82. The molecule has 1 aliphatic carbocycles. The molecule has 4 heteroatoms. The van der Waals surface area contributed by atoms with E-state index in [9.17, 15) is 4.79 Å². The molecule has 4 rings (SSSR count). The largest absolute Gasteiger partial charge is 0.273 e. The van der Waals surface area contributed by atoms with Crippen LogP contribution in [0.25, 0.3) is 0 Å². The van der Waals surface area contributed by atoms with E-state index < -0.39 is 0 Å². The Labute approximate surface area is 170 Å². The van der Waals surface area contributed by atoms with Crippen LogP contribution in [0.2, 0.25) is 0 Å². The fourth-order valence-corrected chi connectivity index (χ4v) is 5.29. The van der Waals surface area contributed by atoms with E-state index in [1.807, 2.05) is 5.01 Å². The number of carbonyl (C=O) groups excluding carboxylic acids is 1. The van der Waals surface area contributed by atoms with E-state index >= 15 is 0 Å². The number of hydrazine groups is 2. The summed E-state index contributed by atoms with van der Waals surface area (Å²) >= 11 is 0. The first-order valence-corrected chi connectivity index (χ1v) is 11.8. The highest BCUT2D eigenvalue weighted by Crippen LogP contribution is 2.33. The summed E-state index contributed by atoms with van der Waals surface area (Å²) in [5.74, 6) is 0.244. The Hall–Kier alpha value is -1.39. The highest BCUT2D eigenvalue weighted by Gasteiger charge is 2.36. The van der Waals surface area contributed by atoms with Gasteiger partial charge in [0, 0.05) is 19.1 Å². The number of nitrogens with zero attached hydrogens (tertiary/aromatic N) is 3. The first-order chi connectivity index (χ1) is 13.8. The lowest BCUT2D eigenvalue weighted by Crippen LogP contribution is -2.58. The van der Waals surface area contributed by atoms with Gasteiger partial charge < -0.3 is 0 Å². The van der Waals surface area contributed by atoms with Crippen LogP contribution >= 0.6 is 0 Å². The smallest absolute Gasteiger partial charge is 0.247 e. The molecule has 0 bridgehead atoms. The second-order valence-corrected chi connectivity index (χ2v) is 8.89. The van der Waals surface area contributed by atoms with Crippen molar-refractivity contribution in [3.8, 4) is 0 Å². The van der Waals surface area contributed by atoms with Crippen molar-refractivity contribution in [1.29, 1.82) is 0 Å². The molecule has 1 saturated carbocycles. The van der Waals surface area contributed by atoms with Gasteiger partial charge in [-0.2, -0.15) is 0 Å². The molecule has 0 aromatic heterocycles. The predicted octanol–water partition coefficient (Wildman–Crippen LogP) is 5.48. The second kappa shape index (κ2) is 9.89. The maximum absolute atomic E-state index is 13.1. The van der Waals surface area contributed by atoms with Crippen LogP contribution in [0.3, 0.4) is 0 Å². The molecule has 0 unspecified atom stereocenters. The molecule has 0 atom stereocenters. The summed E-state index contributed by atoms with van der Waals surface area (Å²) in [5, 5.41) is 7.03. The molecular weight excluding hydrogens is 346 g/mol. The predicted molar refractivity (Wildman–Crippen MR) is 115 cm³/mol. The number of anilines is 1. The molecule has 2 aliphatic heterocycles. The number of hydrogen-bond acceptors (Lipinski definition) is 3. The number of rotatable bonds is 2. The lowest BCUT2D eigenvalue weighted by molar-refractivity contribution is -0.131. The van der Waals surface area contributed by atoms with Crippen molar-refractivity contribution in [1.82, 2.24) is 10.1 Å². The zero-order valence-corrected chi connectivity index (χ0v) is 17.5. The van der Waals surface area contributed by atoms with Crippen molar-refractivity contribution in [2.45, 2.75) is 95.9 Å². The van der Waals surface area contributed by atoms with Crippen LogP contribution in [0, 0.1) is 0 Å². The minimum absolute atomic E-state index is 0.244. The van der Waals surface area contributed by atoms with E-state index in [1.165, 1.54) is 89.0 Å². The molecule has 1 saturated heterocycles. The molecular formula is C24H37N3O. The van der Waals surface area contributed by atoms with Gasteiger partial charge in [0.1, 0.15) is 0 Å². The van der Waals surface area contributed by atoms with Crippen molar-refractivity contribution in [2.75, 3.05) is 18.1 Å². The Kier molecular flexibility index (Phi) is 7.03. The number of benzene rings is 1. The summed E-state index contributed by atoms with van der Waals surface area (Å²) in [6.45, 7) is 2.06. The maximum atomic E-state index is 13.1. The SMILES string of the molecule is O=C1Cc2ccccc2N1N1CCCCCCCN1C1CCCCCCCC1. The third-order valence-corrected chi connectivity index (χ3v) is 6.82. The summed E-state index contributed by atoms with van der Waals surface area (Å²) in [7, 11) is 0. The average Bonchev–Trinajstić information content (AvgIpc) is 3.13. The molecule has 0 N–H and O–H groups in total. The van der Waals surface area contributed by atoms with Crippen LogP contribution in [0.1, 0.15) is 89.0 Å². The van der Waals surface area contributed by atoms with Crippen molar-refractivity contribution in [2.24, 2.45) is 0 Å². The van der Waals surface area contributed by atoms with E-state index in [-0.39, 0.29) is 5.91 Å². The molecule has 0 radical (unpaired) electrons. The Balaban J connectivity index is 1.62. The molecule has 2 heterocycles. The number of carbonyl (C=O) groups is 1. The summed E-state index contributed by atoms with van der Waals surface area (Å²) < 4.78 is 0. The molecule has 1 amide bonds. The number of para-hydroxylation sites is 1. The summed E-state index contributed by atoms with van der Waals surface area (Å²) in [4.78, 5) is 13.1. The highest BCUT2D eigenvalue weighted by molar-refractivity contribution is 6.00. The van der Waals surface area contributed by atoms with Crippen LogP contribution in [-0.2, 0) is 11.2 Å². The van der Waals surface area contributed by atoms with Crippen LogP contribution in [0.15, 0.2) is 24.3 Å². The average molecular weight is 384 g/mol. The number of hydrogen-bond donors (Lipinski definition) is 0. The van der Waals surface area contributed by atoms with Gasteiger partial charge in [0.2, 0.25) is 5.91 Å². The zero-order chi connectivity index (χ0) is 19.2. The molecule has 3 aliphatic rings. The van der Waals surface area contributed by atoms with Crippen molar-refractivity contribution in [3.63, 3.8) is 0 Å². The van der Waals surface area contributed by atoms with Crippen LogP contribution in [0.4, 0.5) is 5.69 Å². The molecule has 0 spiro atoms. The summed E-state index contributed by atoms with van der Waals surface area (Å²) in [6, 6.07) is 8.97. The Morgan fingerprint density at radius 3 is 2.07 bits per heavy atom. The summed E-state index contributed by atoms with van der Waals surface area (Å²) in [5.41, 5.74) is 2.29. The van der Waals surface area contributed by atoms with Gasteiger partial charge in [-0.05, 0) is 37.3 Å². The van der Waals surface area contributed by atoms with Gasteiger partial charge in [0.15, 0.2) is 0 Å². The molecule has 2 fully saturated rings. The highest BCUT2D eigenvalue weighted by atomic mass is 16.2. The quantitative estimate of drug-likeness (QED) is 0.677. The Morgan fingerprint density at radius 1 is 0.714 bits per heavy atom. The first kappa shape index (κ1) is 19.9. The lowest BCUT2D eigenvalue weighted by atomic mass is 10.0. The van der Waals surface area contributed by atoms with Crippen molar-refractivity contribution in [3.05, 3.63) is 29.8 Å². The molecule has 1 aromatic carbocycles. The van der Waals surface area contributed by atoms with Crippen LogP contribution in [0.5, 0.6) is 0 Å². The van der Waals surface area contributed by atoms with Gasteiger partial charge in [-0.3, -0.25) is 4.79 Å². The van der Waals surface area contributed by atoms with E-state index in [0.29, 0.717) is 12.5 Å².